The maximum atomic E-state index is 10.4. The van der Waals surface area contributed by atoms with Crippen LogP contribution in [-0.4, -0.2) is 15.0 Å². The lowest BCUT2D eigenvalue weighted by Gasteiger charge is -2.08. The molecule has 5 heteroatoms. The molecule has 3 N–H and O–H groups in total. The van der Waals surface area contributed by atoms with Gasteiger partial charge < -0.3 is 0 Å². The van der Waals surface area contributed by atoms with Crippen LogP contribution in [0.3, 0.4) is 0 Å². The number of rotatable bonds is 4. The van der Waals surface area contributed by atoms with Crippen LogP contribution in [0.25, 0.3) is 0 Å². The fourth-order valence-electron chi connectivity index (χ4n) is 1.08. The first-order valence-electron chi connectivity index (χ1n) is 3.76. The Hall–Kier alpha value is -0.130. The zero-order valence-electron chi connectivity index (χ0n) is 6.58. The summed E-state index contributed by atoms with van der Waals surface area (Å²) in [6.07, 6.45) is 2.46. The van der Waals surface area contributed by atoms with Gasteiger partial charge in [-0.3, -0.25) is 0 Å². The summed E-state index contributed by atoms with van der Waals surface area (Å²) >= 11 is 0. The molecule has 1 aliphatic carbocycles. The molecule has 66 valence electrons. The second-order valence-corrected chi connectivity index (χ2v) is 4.59. The maximum Gasteiger partial charge on any atom is 0.274 e. The zero-order valence-corrected chi connectivity index (χ0v) is 7.39. The van der Waals surface area contributed by atoms with Gasteiger partial charge in [0.05, 0.1) is 0 Å². The lowest BCUT2D eigenvalue weighted by atomic mass is 10.1. The highest BCUT2D eigenvalue weighted by Gasteiger charge is 2.27. The van der Waals surface area contributed by atoms with Crippen molar-refractivity contribution in [3.05, 3.63) is 0 Å². The highest BCUT2D eigenvalue weighted by atomic mass is 32.2. The molecule has 1 atom stereocenters. The van der Waals surface area contributed by atoms with E-state index >= 15 is 0 Å². The van der Waals surface area contributed by atoms with E-state index in [0.717, 1.165) is 0 Å². The fourth-order valence-corrected chi connectivity index (χ4v) is 1.57. The molecule has 0 heterocycles. The molecule has 1 rings (SSSR count). The summed E-state index contributed by atoms with van der Waals surface area (Å²) in [4.78, 5) is 0. The van der Waals surface area contributed by atoms with E-state index in [9.17, 15) is 8.42 Å². The van der Waals surface area contributed by atoms with E-state index in [1.807, 2.05) is 6.92 Å². The van der Waals surface area contributed by atoms with Crippen molar-refractivity contribution in [2.45, 2.75) is 19.8 Å². The Morgan fingerprint density at radius 2 is 2.18 bits per heavy atom. The van der Waals surface area contributed by atoms with Crippen molar-refractivity contribution in [2.24, 2.45) is 17.0 Å². The predicted octanol–water partition coefficient (Wildman–Crippen LogP) is -0.174. The Morgan fingerprint density at radius 1 is 1.64 bits per heavy atom. The molecule has 0 aromatic rings. The van der Waals surface area contributed by atoms with Crippen LogP contribution in [0.4, 0.5) is 0 Å². The van der Waals surface area contributed by atoms with Crippen LogP contribution < -0.4 is 9.86 Å². The second kappa shape index (κ2) is 3.08. The molecule has 1 saturated carbocycles. The summed E-state index contributed by atoms with van der Waals surface area (Å²) in [7, 11) is -3.47. The van der Waals surface area contributed by atoms with Crippen molar-refractivity contribution in [1.29, 1.82) is 0 Å². The van der Waals surface area contributed by atoms with Crippen LogP contribution in [0.2, 0.25) is 0 Å². The predicted molar refractivity (Wildman–Crippen MR) is 43.0 cm³/mol. The molecule has 0 aliphatic heterocycles. The zero-order chi connectivity index (χ0) is 8.48. The molecule has 1 aliphatic rings. The van der Waals surface area contributed by atoms with Crippen molar-refractivity contribution >= 4 is 10.2 Å². The molecule has 0 radical (unpaired) electrons. The van der Waals surface area contributed by atoms with Crippen LogP contribution >= 0.6 is 0 Å². The third-order valence-corrected chi connectivity index (χ3v) is 2.60. The van der Waals surface area contributed by atoms with Gasteiger partial charge in [0.15, 0.2) is 0 Å². The van der Waals surface area contributed by atoms with E-state index in [-0.39, 0.29) is 0 Å². The van der Waals surface area contributed by atoms with Gasteiger partial charge in [-0.1, -0.05) is 6.92 Å². The van der Waals surface area contributed by atoms with E-state index in [0.29, 0.717) is 18.4 Å². The summed E-state index contributed by atoms with van der Waals surface area (Å²) in [6.45, 7) is 2.51. The van der Waals surface area contributed by atoms with Gasteiger partial charge in [-0.15, -0.1) is 0 Å². The Kier molecular flexibility index (Phi) is 2.51. The maximum absolute atomic E-state index is 10.4. The van der Waals surface area contributed by atoms with Gasteiger partial charge in [0.1, 0.15) is 0 Å². The topological polar surface area (TPSA) is 72.2 Å². The lowest BCUT2D eigenvalue weighted by molar-refractivity contribution is 0.492. The first-order valence-corrected chi connectivity index (χ1v) is 5.31. The molecule has 4 nitrogen and oxygen atoms in total. The van der Waals surface area contributed by atoms with Crippen molar-refractivity contribution in [2.75, 3.05) is 6.54 Å². The SMILES string of the molecule is CC(CNS(N)(=O)=O)C1CC1. The highest BCUT2D eigenvalue weighted by Crippen LogP contribution is 2.35. The van der Waals surface area contributed by atoms with Crippen molar-refractivity contribution < 1.29 is 8.42 Å². The normalized spacial score (nSPS) is 21.6. The Labute approximate surface area is 67.3 Å². The summed E-state index contributed by atoms with van der Waals surface area (Å²) in [6, 6.07) is 0. The van der Waals surface area contributed by atoms with Gasteiger partial charge >= 0.3 is 0 Å². The average Bonchev–Trinajstić information content (AvgIpc) is 2.61. The minimum atomic E-state index is -3.47. The third-order valence-electron chi connectivity index (χ3n) is 2.03. The first-order chi connectivity index (χ1) is 4.99. The number of hydrogen-bond acceptors (Lipinski definition) is 2. The Balaban J connectivity index is 2.21. The Bertz CT molecular complexity index is 221. The standard InChI is InChI=1S/C6H14N2O2S/c1-5(6-2-3-6)4-8-11(7,9)10/h5-6,8H,2-4H2,1H3,(H2,7,9,10). The van der Waals surface area contributed by atoms with E-state index < -0.39 is 10.2 Å². The minimum Gasteiger partial charge on any atom is -0.216 e. The third kappa shape index (κ3) is 3.69. The van der Waals surface area contributed by atoms with Crippen LogP contribution in [-0.2, 0) is 10.2 Å². The van der Waals surface area contributed by atoms with Crippen LogP contribution in [0, 0.1) is 11.8 Å². The van der Waals surface area contributed by atoms with Gasteiger partial charge in [-0.05, 0) is 24.7 Å². The molecule has 1 fully saturated rings. The molecule has 0 bridgehead atoms. The lowest BCUT2D eigenvalue weighted by Crippen LogP contribution is -2.34. The monoisotopic (exact) mass is 178 g/mol. The first kappa shape index (κ1) is 8.96. The molecular weight excluding hydrogens is 164 g/mol. The van der Waals surface area contributed by atoms with Crippen molar-refractivity contribution in [3.63, 3.8) is 0 Å². The molecule has 0 aromatic carbocycles. The fraction of sp³-hybridized carbons (Fsp3) is 1.00. The summed E-state index contributed by atoms with van der Waals surface area (Å²) in [5.41, 5.74) is 0. The summed E-state index contributed by atoms with van der Waals surface area (Å²) < 4.78 is 23.2. The number of nitrogens with two attached hydrogens (primary N) is 1. The van der Waals surface area contributed by atoms with Gasteiger partial charge in [0, 0.05) is 6.54 Å². The minimum absolute atomic E-state index is 0.424. The summed E-state index contributed by atoms with van der Waals surface area (Å²) in [5, 5.41) is 4.77. The van der Waals surface area contributed by atoms with Crippen LogP contribution in [0.1, 0.15) is 19.8 Å². The van der Waals surface area contributed by atoms with Gasteiger partial charge in [0.25, 0.3) is 10.2 Å². The second-order valence-electron chi connectivity index (χ2n) is 3.21. The van der Waals surface area contributed by atoms with Gasteiger partial charge in [-0.2, -0.15) is 8.42 Å². The summed E-state index contributed by atoms with van der Waals surface area (Å²) in [5.74, 6) is 1.14. The van der Waals surface area contributed by atoms with E-state index in [1.54, 1.807) is 0 Å². The highest BCUT2D eigenvalue weighted by molar-refractivity contribution is 7.87. The quantitative estimate of drug-likeness (QED) is 0.627. The molecule has 11 heavy (non-hydrogen) atoms. The Morgan fingerprint density at radius 3 is 2.55 bits per heavy atom. The molecule has 0 saturated heterocycles. The van der Waals surface area contributed by atoms with E-state index in [2.05, 4.69) is 4.72 Å². The van der Waals surface area contributed by atoms with Gasteiger partial charge in [0.2, 0.25) is 0 Å². The smallest absolute Gasteiger partial charge is 0.216 e. The molecule has 0 amide bonds. The molecule has 0 aromatic heterocycles. The van der Waals surface area contributed by atoms with Crippen LogP contribution in [0.5, 0.6) is 0 Å². The number of hydrogen-bond donors (Lipinski definition) is 2. The average molecular weight is 178 g/mol. The van der Waals surface area contributed by atoms with Crippen molar-refractivity contribution in [3.8, 4) is 0 Å². The molecular formula is C6H14N2O2S. The molecule has 1 unspecified atom stereocenters. The molecule has 0 spiro atoms. The van der Waals surface area contributed by atoms with E-state index in [1.165, 1.54) is 12.8 Å². The van der Waals surface area contributed by atoms with E-state index in [4.69, 9.17) is 5.14 Å². The van der Waals surface area contributed by atoms with Gasteiger partial charge in [-0.25, -0.2) is 9.86 Å². The van der Waals surface area contributed by atoms with Crippen molar-refractivity contribution in [1.82, 2.24) is 4.72 Å². The largest absolute Gasteiger partial charge is 0.274 e. The number of nitrogens with one attached hydrogen (secondary N) is 1. The van der Waals surface area contributed by atoms with Crippen LogP contribution in [0.15, 0.2) is 0 Å².